The van der Waals surface area contributed by atoms with Gasteiger partial charge in [0.05, 0.1) is 6.42 Å². The van der Waals surface area contributed by atoms with Crippen molar-refractivity contribution in [3.05, 3.63) is 35.9 Å². The summed E-state index contributed by atoms with van der Waals surface area (Å²) in [5.41, 5.74) is 1.11. The molecule has 0 aromatic heterocycles. The molecule has 1 aliphatic rings. The number of rotatable bonds is 2. The van der Waals surface area contributed by atoms with Gasteiger partial charge in [-0.1, -0.05) is 30.3 Å². The molecule has 0 spiro atoms. The van der Waals surface area contributed by atoms with Crippen LogP contribution in [0.15, 0.2) is 30.3 Å². The summed E-state index contributed by atoms with van der Waals surface area (Å²) in [6.07, 6.45) is 0.556. The van der Waals surface area contributed by atoms with Gasteiger partial charge in [0.15, 0.2) is 0 Å². The molecule has 12 heavy (non-hydrogen) atoms. The van der Waals surface area contributed by atoms with Gasteiger partial charge in [0.1, 0.15) is 0 Å². The van der Waals surface area contributed by atoms with Gasteiger partial charge in [0, 0.05) is 13.1 Å². The minimum absolute atomic E-state index is 0.251. The van der Waals surface area contributed by atoms with Crippen molar-refractivity contribution in [1.29, 1.82) is 0 Å². The molecule has 2 heteroatoms. The Balaban J connectivity index is 1.98. The van der Waals surface area contributed by atoms with Crippen LogP contribution < -0.4 is 0 Å². The molecule has 1 aliphatic heterocycles. The highest BCUT2D eigenvalue weighted by atomic mass is 16.2. The van der Waals surface area contributed by atoms with Crippen LogP contribution in [0.25, 0.3) is 0 Å². The first-order valence-electron chi connectivity index (χ1n) is 4.18. The van der Waals surface area contributed by atoms with Crippen molar-refractivity contribution in [3.63, 3.8) is 0 Å². The monoisotopic (exact) mass is 161 g/mol. The number of amides is 1. The highest BCUT2D eigenvalue weighted by Crippen LogP contribution is 2.08. The van der Waals surface area contributed by atoms with Crippen molar-refractivity contribution in [2.24, 2.45) is 0 Å². The van der Waals surface area contributed by atoms with E-state index < -0.39 is 0 Å². The van der Waals surface area contributed by atoms with Gasteiger partial charge < -0.3 is 4.90 Å². The predicted octanol–water partition coefficient (Wildman–Crippen LogP) is 1.07. The largest absolute Gasteiger partial charge is 0.339 e. The SMILES string of the molecule is O=C(Cc1ccccc1)N1CC1. The van der Waals surface area contributed by atoms with Crippen molar-refractivity contribution in [1.82, 2.24) is 4.90 Å². The molecule has 0 bridgehead atoms. The Morgan fingerprint density at radius 3 is 2.50 bits per heavy atom. The van der Waals surface area contributed by atoms with Crippen LogP contribution >= 0.6 is 0 Å². The Bertz CT molecular complexity index is 277. The Hall–Kier alpha value is -1.31. The zero-order valence-electron chi connectivity index (χ0n) is 6.86. The second-order valence-corrected chi connectivity index (χ2v) is 3.04. The number of hydrogen-bond acceptors (Lipinski definition) is 1. The van der Waals surface area contributed by atoms with E-state index in [2.05, 4.69) is 0 Å². The van der Waals surface area contributed by atoms with Crippen molar-refractivity contribution >= 4 is 5.91 Å². The lowest BCUT2D eigenvalue weighted by Crippen LogP contribution is -2.12. The van der Waals surface area contributed by atoms with Crippen molar-refractivity contribution in [2.75, 3.05) is 13.1 Å². The molecule has 1 heterocycles. The molecule has 2 rings (SSSR count). The summed E-state index contributed by atoms with van der Waals surface area (Å²) in [7, 11) is 0. The van der Waals surface area contributed by atoms with E-state index in [9.17, 15) is 4.79 Å². The van der Waals surface area contributed by atoms with Gasteiger partial charge >= 0.3 is 0 Å². The van der Waals surface area contributed by atoms with Crippen LogP contribution in [0.5, 0.6) is 0 Å². The highest BCUT2D eigenvalue weighted by molar-refractivity contribution is 5.80. The lowest BCUT2D eigenvalue weighted by molar-refractivity contribution is -0.125. The maximum Gasteiger partial charge on any atom is 0.227 e. The molecule has 0 N–H and O–H groups in total. The summed E-state index contributed by atoms with van der Waals surface area (Å²) in [5, 5.41) is 0. The summed E-state index contributed by atoms with van der Waals surface area (Å²) >= 11 is 0. The van der Waals surface area contributed by atoms with E-state index in [1.807, 2.05) is 35.2 Å². The molecular weight excluding hydrogens is 150 g/mol. The van der Waals surface area contributed by atoms with Gasteiger partial charge in [-0.3, -0.25) is 4.79 Å². The number of benzene rings is 1. The van der Waals surface area contributed by atoms with Crippen LogP contribution in [-0.2, 0) is 11.2 Å². The molecule has 0 saturated carbocycles. The molecule has 1 fully saturated rings. The van der Waals surface area contributed by atoms with Gasteiger partial charge in [0.25, 0.3) is 0 Å². The van der Waals surface area contributed by atoms with Crippen LogP contribution in [0.2, 0.25) is 0 Å². The number of nitrogens with zero attached hydrogens (tertiary/aromatic N) is 1. The maximum absolute atomic E-state index is 11.3. The lowest BCUT2D eigenvalue weighted by atomic mass is 10.1. The lowest BCUT2D eigenvalue weighted by Gasteiger charge is -2.00. The van der Waals surface area contributed by atoms with Crippen LogP contribution in [0.3, 0.4) is 0 Å². The van der Waals surface area contributed by atoms with Crippen molar-refractivity contribution in [3.8, 4) is 0 Å². The van der Waals surface area contributed by atoms with Gasteiger partial charge in [0.2, 0.25) is 5.91 Å². The normalized spacial score (nSPS) is 14.5. The Morgan fingerprint density at radius 2 is 1.92 bits per heavy atom. The van der Waals surface area contributed by atoms with Crippen LogP contribution in [0, 0.1) is 0 Å². The summed E-state index contributed by atoms with van der Waals surface area (Å²) in [6, 6.07) is 9.86. The predicted molar refractivity (Wildman–Crippen MR) is 46.7 cm³/mol. The third-order valence-corrected chi connectivity index (χ3v) is 2.00. The minimum atomic E-state index is 0.251. The molecule has 2 nitrogen and oxygen atoms in total. The van der Waals surface area contributed by atoms with E-state index >= 15 is 0 Å². The van der Waals surface area contributed by atoms with Crippen LogP contribution in [0.4, 0.5) is 0 Å². The average molecular weight is 161 g/mol. The standard InChI is InChI=1S/C10H11NO/c12-10(11-6-7-11)8-9-4-2-1-3-5-9/h1-5H,6-8H2. The number of carbonyl (C=O) groups excluding carboxylic acids is 1. The quantitative estimate of drug-likeness (QED) is 0.594. The van der Waals surface area contributed by atoms with E-state index in [1.165, 1.54) is 0 Å². The second kappa shape index (κ2) is 2.97. The zero-order chi connectivity index (χ0) is 8.39. The third kappa shape index (κ3) is 1.64. The van der Waals surface area contributed by atoms with E-state index in [-0.39, 0.29) is 5.91 Å². The van der Waals surface area contributed by atoms with Gasteiger partial charge in [-0.05, 0) is 5.56 Å². The maximum atomic E-state index is 11.3. The molecule has 0 unspecified atom stereocenters. The fourth-order valence-corrected chi connectivity index (χ4v) is 1.18. The first-order chi connectivity index (χ1) is 5.86. The molecule has 62 valence electrons. The van der Waals surface area contributed by atoms with Gasteiger partial charge in [-0.15, -0.1) is 0 Å². The summed E-state index contributed by atoms with van der Waals surface area (Å²) < 4.78 is 0. The topological polar surface area (TPSA) is 20.1 Å². The molecular formula is C10H11NO. The first kappa shape index (κ1) is 7.35. The van der Waals surface area contributed by atoms with Crippen LogP contribution in [0.1, 0.15) is 5.56 Å². The Morgan fingerprint density at radius 1 is 1.25 bits per heavy atom. The molecule has 0 atom stereocenters. The Labute approximate surface area is 71.8 Å². The Kier molecular flexibility index (Phi) is 1.82. The zero-order valence-corrected chi connectivity index (χ0v) is 6.86. The number of hydrogen-bond donors (Lipinski definition) is 0. The third-order valence-electron chi connectivity index (χ3n) is 2.00. The highest BCUT2D eigenvalue weighted by Gasteiger charge is 2.23. The summed E-state index contributed by atoms with van der Waals surface area (Å²) in [5.74, 6) is 0.251. The minimum Gasteiger partial charge on any atom is -0.339 e. The molecule has 1 amide bonds. The number of carbonyl (C=O) groups is 1. The van der Waals surface area contributed by atoms with Crippen molar-refractivity contribution in [2.45, 2.75) is 6.42 Å². The van der Waals surface area contributed by atoms with Crippen molar-refractivity contribution < 1.29 is 4.79 Å². The molecule has 0 aliphatic carbocycles. The summed E-state index contributed by atoms with van der Waals surface area (Å²) in [4.78, 5) is 13.2. The first-order valence-corrected chi connectivity index (χ1v) is 4.18. The molecule has 1 aromatic carbocycles. The van der Waals surface area contributed by atoms with E-state index in [0.29, 0.717) is 6.42 Å². The summed E-state index contributed by atoms with van der Waals surface area (Å²) in [6.45, 7) is 1.90. The molecule has 0 radical (unpaired) electrons. The fraction of sp³-hybridized carbons (Fsp3) is 0.300. The van der Waals surface area contributed by atoms with Gasteiger partial charge in [-0.2, -0.15) is 0 Å². The van der Waals surface area contributed by atoms with Gasteiger partial charge in [-0.25, -0.2) is 0 Å². The van der Waals surface area contributed by atoms with Crippen LogP contribution in [-0.4, -0.2) is 23.9 Å². The fourth-order valence-electron chi connectivity index (χ4n) is 1.18. The molecule has 1 aromatic rings. The smallest absolute Gasteiger partial charge is 0.227 e. The van der Waals surface area contributed by atoms with E-state index in [4.69, 9.17) is 0 Å². The molecule has 1 saturated heterocycles. The average Bonchev–Trinajstić information content (AvgIpc) is 2.88. The van der Waals surface area contributed by atoms with E-state index in [0.717, 1.165) is 18.7 Å². The van der Waals surface area contributed by atoms with E-state index in [1.54, 1.807) is 0 Å². The second-order valence-electron chi connectivity index (χ2n) is 3.04.